The first-order chi connectivity index (χ1) is 11.7. The van der Waals surface area contributed by atoms with E-state index >= 15 is 0 Å². The number of esters is 1. The highest BCUT2D eigenvalue weighted by molar-refractivity contribution is 9.10. The molecule has 122 valence electrons. The predicted octanol–water partition coefficient (Wildman–Crippen LogP) is 5.35. The molecule has 0 amide bonds. The molecule has 0 spiro atoms. The molecule has 1 aliphatic rings. The van der Waals surface area contributed by atoms with Crippen molar-refractivity contribution >= 4 is 27.6 Å². The summed E-state index contributed by atoms with van der Waals surface area (Å²) in [6.45, 7) is 0.396. The largest absolute Gasteiger partial charge is 0.489 e. The van der Waals surface area contributed by atoms with Crippen LogP contribution in [-0.2, 0) is 16.1 Å². The fourth-order valence-corrected chi connectivity index (χ4v) is 2.98. The second kappa shape index (κ2) is 7.38. The van der Waals surface area contributed by atoms with Gasteiger partial charge in [0.05, 0.1) is 5.69 Å². The Hall–Kier alpha value is -2.50. The van der Waals surface area contributed by atoms with Crippen molar-refractivity contribution in [2.24, 2.45) is 5.11 Å². The zero-order chi connectivity index (χ0) is 16.9. The number of cyclic esters (lactones) is 1. The lowest BCUT2D eigenvalue weighted by atomic mass is 10.1. The van der Waals surface area contributed by atoms with Crippen LogP contribution in [0.15, 0.2) is 52.1 Å². The Morgan fingerprint density at radius 3 is 2.71 bits per heavy atom. The predicted molar refractivity (Wildman–Crippen MR) is 91.8 cm³/mol. The normalized spacial score (nSPS) is 16.4. The van der Waals surface area contributed by atoms with Crippen LogP contribution in [0.3, 0.4) is 0 Å². The van der Waals surface area contributed by atoms with E-state index in [9.17, 15) is 4.79 Å². The molecule has 1 fully saturated rings. The quantitative estimate of drug-likeness (QED) is 0.300. The lowest BCUT2D eigenvalue weighted by Gasteiger charge is -2.11. The highest BCUT2D eigenvalue weighted by Crippen LogP contribution is 2.31. The third-order valence-corrected chi connectivity index (χ3v) is 4.34. The minimum atomic E-state index is -0.143. The van der Waals surface area contributed by atoms with Crippen LogP contribution in [0.25, 0.3) is 10.4 Å². The Balaban J connectivity index is 1.61. The van der Waals surface area contributed by atoms with E-state index in [1.54, 1.807) is 6.07 Å². The fraction of sp³-hybridized carbons (Fsp3) is 0.235. The average Bonchev–Trinajstić information content (AvgIpc) is 3.02. The van der Waals surface area contributed by atoms with Crippen LogP contribution in [0.4, 0.5) is 5.69 Å². The van der Waals surface area contributed by atoms with E-state index in [1.165, 1.54) is 0 Å². The molecule has 0 saturated carbocycles. The van der Waals surface area contributed by atoms with Crippen molar-refractivity contribution in [1.82, 2.24) is 0 Å². The molecule has 1 unspecified atom stereocenters. The lowest BCUT2D eigenvalue weighted by Crippen LogP contribution is -1.99. The van der Waals surface area contributed by atoms with E-state index in [-0.39, 0.29) is 12.1 Å². The maximum absolute atomic E-state index is 11.2. The number of ether oxygens (including phenoxy) is 2. The lowest BCUT2D eigenvalue weighted by molar-refractivity contribution is -0.141. The van der Waals surface area contributed by atoms with Crippen LogP contribution < -0.4 is 4.74 Å². The van der Waals surface area contributed by atoms with Gasteiger partial charge in [-0.15, -0.1) is 0 Å². The molecule has 0 aromatic heterocycles. The SMILES string of the molecule is [N-]=[N+]=Nc1ccc(COc2ccc(C3CCC(=O)O3)cc2)cc1Br. The van der Waals surface area contributed by atoms with Crippen molar-refractivity contribution in [2.45, 2.75) is 25.6 Å². The van der Waals surface area contributed by atoms with Crippen LogP contribution >= 0.6 is 15.9 Å². The summed E-state index contributed by atoms with van der Waals surface area (Å²) >= 11 is 3.36. The zero-order valence-electron chi connectivity index (χ0n) is 12.7. The second-order valence-corrected chi connectivity index (χ2v) is 6.20. The highest BCUT2D eigenvalue weighted by atomic mass is 79.9. The number of halogens is 1. The van der Waals surface area contributed by atoms with E-state index in [1.807, 2.05) is 36.4 Å². The Morgan fingerprint density at radius 2 is 2.08 bits per heavy atom. The van der Waals surface area contributed by atoms with Crippen molar-refractivity contribution in [3.8, 4) is 5.75 Å². The number of hydrogen-bond acceptors (Lipinski definition) is 4. The summed E-state index contributed by atoms with van der Waals surface area (Å²) in [6, 6.07) is 13.0. The molecule has 0 radical (unpaired) electrons. The molecular weight excluding hydrogens is 374 g/mol. The molecule has 1 atom stereocenters. The Kier molecular flexibility index (Phi) is 5.03. The molecule has 1 saturated heterocycles. The maximum Gasteiger partial charge on any atom is 0.306 e. The summed E-state index contributed by atoms with van der Waals surface area (Å²) in [6.07, 6.45) is 1.06. The van der Waals surface area contributed by atoms with Gasteiger partial charge in [-0.3, -0.25) is 4.79 Å². The van der Waals surface area contributed by atoms with Gasteiger partial charge in [0, 0.05) is 15.8 Å². The van der Waals surface area contributed by atoms with Crippen molar-refractivity contribution < 1.29 is 14.3 Å². The van der Waals surface area contributed by atoms with Gasteiger partial charge in [-0.05, 0) is 41.3 Å². The second-order valence-electron chi connectivity index (χ2n) is 5.35. The monoisotopic (exact) mass is 387 g/mol. The van der Waals surface area contributed by atoms with Crippen LogP contribution in [0.5, 0.6) is 5.75 Å². The van der Waals surface area contributed by atoms with E-state index in [0.717, 1.165) is 27.8 Å². The molecule has 0 bridgehead atoms. The molecule has 3 rings (SSSR count). The molecule has 6 nitrogen and oxygen atoms in total. The third kappa shape index (κ3) is 3.88. The minimum absolute atomic E-state index is 0.143. The minimum Gasteiger partial charge on any atom is -0.489 e. The number of benzene rings is 2. The van der Waals surface area contributed by atoms with Crippen LogP contribution in [-0.4, -0.2) is 5.97 Å². The summed E-state index contributed by atoms with van der Waals surface area (Å²) in [7, 11) is 0. The first kappa shape index (κ1) is 16.4. The van der Waals surface area contributed by atoms with E-state index in [2.05, 4.69) is 26.0 Å². The summed E-state index contributed by atoms with van der Waals surface area (Å²) in [5, 5.41) is 3.58. The molecular formula is C17H14BrN3O3. The van der Waals surface area contributed by atoms with Crippen LogP contribution in [0.2, 0.25) is 0 Å². The molecule has 7 heteroatoms. The topological polar surface area (TPSA) is 84.3 Å². The van der Waals surface area contributed by atoms with Gasteiger partial charge < -0.3 is 9.47 Å². The molecule has 2 aromatic carbocycles. The molecule has 1 heterocycles. The number of nitrogens with zero attached hydrogens (tertiary/aromatic N) is 3. The third-order valence-electron chi connectivity index (χ3n) is 3.71. The summed E-state index contributed by atoms with van der Waals surface area (Å²) in [4.78, 5) is 13.9. The number of azide groups is 1. The van der Waals surface area contributed by atoms with Gasteiger partial charge in [-0.1, -0.05) is 45.3 Å². The van der Waals surface area contributed by atoms with Gasteiger partial charge in [-0.2, -0.15) is 0 Å². The van der Waals surface area contributed by atoms with E-state index < -0.39 is 0 Å². The fourth-order valence-electron chi connectivity index (χ4n) is 2.48. The van der Waals surface area contributed by atoms with E-state index in [4.69, 9.17) is 15.0 Å². The molecule has 1 aliphatic heterocycles. The molecule has 0 N–H and O–H groups in total. The van der Waals surface area contributed by atoms with Gasteiger partial charge >= 0.3 is 5.97 Å². The summed E-state index contributed by atoms with van der Waals surface area (Å²) < 4.78 is 11.7. The Morgan fingerprint density at radius 1 is 1.29 bits per heavy atom. The number of carbonyl (C=O) groups excluding carboxylic acids is 1. The van der Waals surface area contributed by atoms with Gasteiger partial charge in [-0.25, -0.2) is 0 Å². The molecule has 24 heavy (non-hydrogen) atoms. The number of rotatable bonds is 5. The first-order valence-electron chi connectivity index (χ1n) is 7.41. The first-order valence-corrected chi connectivity index (χ1v) is 8.21. The van der Waals surface area contributed by atoms with Crippen molar-refractivity contribution in [3.05, 3.63) is 68.5 Å². The van der Waals surface area contributed by atoms with Gasteiger partial charge in [0.1, 0.15) is 18.5 Å². The molecule has 0 aliphatic carbocycles. The number of hydrogen-bond donors (Lipinski definition) is 0. The maximum atomic E-state index is 11.2. The Bertz CT molecular complexity index is 801. The molecule has 2 aromatic rings. The Labute approximate surface area is 147 Å². The van der Waals surface area contributed by atoms with Crippen LogP contribution in [0, 0.1) is 0 Å². The standard InChI is InChI=1S/C17H14BrN3O3/c18-14-9-11(1-6-15(14)20-21-19)10-23-13-4-2-12(3-5-13)16-7-8-17(22)24-16/h1-6,9,16H,7-8,10H2. The summed E-state index contributed by atoms with van der Waals surface area (Å²) in [5.41, 5.74) is 10.9. The zero-order valence-corrected chi connectivity index (χ0v) is 14.3. The number of carbonyl (C=O) groups is 1. The van der Waals surface area contributed by atoms with Gasteiger partial charge in [0.25, 0.3) is 0 Å². The highest BCUT2D eigenvalue weighted by Gasteiger charge is 2.24. The van der Waals surface area contributed by atoms with E-state index in [0.29, 0.717) is 18.7 Å². The van der Waals surface area contributed by atoms with Crippen LogP contribution in [0.1, 0.15) is 30.1 Å². The van der Waals surface area contributed by atoms with Gasteiger partial charge in [0.15, 0.2) is 0 Å². The van der Waals surface area contributed by atoms with Crippen molar-refractivity contribution in [2.75, 3.05) is 0 Å². The van der Waals surface area contributed by atoms with Gasteiger partial charge in [0.2, 0.25) is 0 Å². The smallest absolute Gasteiger partial charge is 0.306 e. The summed E-state index contributed by atoms with van der Waals surface area (Å²) in [5.74, 6) is 0.591. The van der Waals surface area contributed by atoms with Crippen molar-refractivity contribution in [3.63, 3.8) is 0 Å². The average molecular weight is 388 g/mol. The van der Waals surface area contributed by atoms with Crippen molar-refractivity contribution in [1.29, 1.82) is 0 Å².